The zero-order valence-electron chi connectivity index (χ0n) is 53.6. The minimum absolute atomic E-state index is 0.0717. The molecule has 0 heterocycles. The van der Waals surface area contributed by atoms with Gasteiger partial charge in [-0.2, -0.15) is 0 Å². The van der Waals surface area contributed by atoms with Crippen LogP contribution in [-0.2, 0) is 18.4 Å². The SMILES string of the molecule is CC/C=C\C/C=C\C/C=C\C/C=C\C/C=C\C/C=C\CCCCCCCCCCCCC(=O)NC(COP(=O)(O)OCC[N+](C)(C)C)C(O)CCCCCCCCCCCCCCCCCCCCCCCCCCCCCCC. The van der Waals surface area contributed by atoms with Crippen molar-refractivity contribution in [2.75, 3.05) is 40.9 Å². The number of amides is 1. The second kappa shape index (κ2) is 61.5. The van der Waals surface area contributed by atoms with Crippen LogP contribution in [0.1, 0.15) is 322 Å². The fraction of sp³-hybridized carbons (Fsp3) is 0.817. The van der Waals surface area contributed by atoms with Crippen molar-refractivity contribution < 1.29 is 32.9 Å². The smallest absolute Gasteiger partial charge is 0.391 e. The molecule has 0 aromatic carbocycles. The third-order valence-corrected chi connectivity index (χ3v) is 16.5. The van der Waals surface area contributed by atoms with Gasteiger partial charge in [0.2, 0.25) is 5.91 Å². The minimum atomic E-state index is -4.34. The maximum Gasteiger partial charge on any atom is 0.472 e. The van der Waals surface area contributed by atoms with Gasteiger partial charge in [0.1, 0.15) is 13.2 Å². The van der Waals surface area contributed by atoms with E-state index in [-0.39, 0.29) is 19.1 Å². The standard InChI is InChI=1S/C71H133N2O6P/c1-6-8-10-12-14-16-18-20-22-24-26-28-30-32-34-36-38-40-42-44-46-48-50-52-54-56-58-60-62-64-70(74)69(68-79-80(76,77)78-67-66-73(3,4)5)72-71(75)65-63-61-59-57-55-53-51-49-47-45-43-41-39-37-35-33-31-29-27-25-23-21-19-17-15-13-11-9-7-2/h9,11,15,17,21,23,27,29,33,35,39,41,69-70,74H,6-8,10,12-14,16,18-20,22,24-26,28,30-32,34,36-38,40,42-68H2,1-5H3,(H-,72,75,76,77)/p+1/b11-9-,17-15-,23-21-,29-27-,35-33-,41-39-. The summed E-state index contributed by atoms with van der Waals surface area (Å²) in [5.41, 5.74) is 0. The van der Waals surface area contributed by atoms with Crippen LogP contribution < -0.4 is 5.32 Å². The summed E-state index contributed by atoms with van der Waals surface area (Å²) in [7, 11) is 1.62. The van der Waals surface area contributed by atoms with Crippen LogP contribution in [0.25, 0.3) is 0 Å². The molecule has 1 amide bonds. The highest BCUT2D eigenvalue weighted by Crippen LogP contribution is 2.43. The van der Waals surface area contributed by atoms with E-state index in [2.05, 4.69) is 92.1 Å². The number of phosphoric acid groups is 1. The van der Waals surface area contributed by atoms with Crippen LogP contribution in [0.15, 0.2) is 72.9 Å². The quantitative estimate of drug-likeness (QED) is 0.0243. The lowest BCUT2D eigenvalue weighted by Gasteiger charge is -2.26. The van der Waals surface area contributed by atoms with Crippen LogP contribution in [0.4, 0.5) is 0 Å². The van der Waals surface area contributed by atoms with E-state index in [1.54, 1.807) is 0 Å². The van der Waals surface area contributed by atoms with Gasteiger partial charge in [0.15, 0.2) is 0 Å². The fourth-order valence-electron chi connectivity index (χ4n) is 10.2. The van der Waals surface area contributed by atoms with Gasteiger partial charge in [-0.25, -0.2) is 4.57 Å². The zero-order chi connectivity index (χ0) is 58.4. The number of nitrogens with zero attached hydrogens (tertiary/aromatic N) is 1. The van der Waals surface area contributed by atoms with Gasteiger partial charge in [0.05, 0.1) is 39.9 Å². The first kappa shape index (κ1) is 77.9. The number of nitrogens with one attached hydrogen (secondary N) is 1. The second-order valence-corrected chi connectivity index (χ2v) is 26.0. The summed E-state index contributed by atoms with van der Waals surface area (Å²) in [6, 6.07) is -0.769. The van der Waals surface area contributed by atoms with E-state index in [9.17, 15) is 19.4 Å². The Hall–Kier alpha value is -2.06. The van der Waals surface area contributed by atoms with Crippen molar-refractivity contribution in [2.45, 2.75) is 334 Å². The summed E-state index contributed by atoms with van der Waals surface area (Å²) < 4.78 is 23.9. The number of aliphatic hydroxyl groups excluding tert-OH is 1. The highest BCUT2D eigenvalue weighted by atomic mass is 31.2. The molecular formula is C71H134N2O6P+. The Morgan fingerprint density at radius 3 is 1.10 bits per heavy atom. The van der Waals surface area contributed by atoms with Gasteiger partial charge >= 0.3 is 7.82 Å². The van der Waals surface area contributed by atoms with Crippen molar-refractivity contribution in [3.63, 3.8) is 0 Å². The monoisotopic (exact) mass is 1140 g/mol. The number of rotatable bonds is 63. The number of hydrogen-bond donors (Lipinski definition) is 3. The molecule has 8 nitrogen and oxygen atoms in total. The number of hydrogen-bond acceptors (Lipinski definition) is 5. The average molecular weight is 1140 g/mol. The number of unbranched alkanes of at least 4 members (excludes halogenated alkanes) is 38. The molecule has 0 aliphatic heterocycles. The number of aliphatic hydroxyl groups is 1. The van der Waals surface area contributed by atoms with Crippen LogP contribution in [0.3, 0.4) is 0 Å². The first-order valence-corrected chi connectivity index (χ1v) is 35.8. The number of carbonyl (C=O) groups excluding carboxylic acids is 1. The molecule has 0 aliphatic rings. The van der Waals surface area contributed by atoms with Gasteiger partial charge in [-0.3, -0.25) is 13.8 Å². The van der Waals surface area contributed by atoms with Gasteiger partial charge in [-0.15, -0.1) is 0 Å². The second-order valence-electron chi connectivity index (χ2n) is 24.5. The van der Waals surface area contributed by atoms with Gasteiger partial charge < -0.3 is 19.8 Å². The third-order valence-electron chi connectivity index (χ3n) is 15.5. The first-order valence-electron chi connectivity index (χ1n) is 34.3. The van der Waals surface area contributed by atoms with Gasteiger partial charge in [0, 0.05) is 6.42 Å². The maximum atomic E-state index is 13.1. The largest absolute Gasteiger partial charge is 0.472 e. The summed E-state index contributed by atoms with van der Waals surface area (Å²) in [4.78, 5) is 23.5. The number of allylic oxidation sites excluding steroid dienone is 12. The maximum absolute atomic E-state index is 13.1. The van der Waals surface area contributed by atoms with Crippen molar-refractivity contribution in [1.82, 2.24) is 5.32 Å². The lowest BCUT2D eigenvalue weighted by atomic mass is 10.0. The molecule has 0 radical (unpaired) electrons. The molecule has 0 aliphatic carbocycles. The lowest BCUT2D eigenvalue weighted by molar-refractivity contribution is -0.870. The summed E-state index contributed by atoms with van der Waals surface area (Å²) in [6.07, 6.45) is 85.6. The van der Waals surface area contributed by atoms with E-state index in [1.165, 1.54) is 218 Å². The van der Waals surface area contributed by atoms with E-state index in [0.29, 0.717) is 23.9 Å². The average Bonchev–Trinajstić information content (AvgIpc) is 3.42. The molecule has 468 valence electrons. The zero-order valence-corrected chi connectivity index (χ0v) is 54.5. The van der Waals surface area contributed by atoms with Crippen LogP contribution in [0, 0.1) is 0 Å². The molecule has 0 aromatic heterocycles. The first-order chi connectivity index (χ1) is 39.0. The van der Waals surface area contributed by atoms with Gasteiger partial charge in [0.25, 0.3) is 0 Å². The molecule has 0 saturated carbocycles. The Kier molecular flexibility index (Phi) is 59.9. The predicted molar refractivity (Wildman–Crippen MR) is 350 cm³/mol. The van der Waals surface area contributed by atoms with Crippen molar-refractivity contribution in [1.29, 1.82) is 0 Å². The van der Waals surface area contributed by atoms with Crippen molar-refractivity contribution in [2.24, 2.45) is 0 Å². The molecular weight excluding hydrogens is 1010 g/mol. The van der Waals surface area contributed by atoms with Crippen molar-refractivity contribution in [3.8, 4) is 0 Å². The molecule has 9 heteroatoms. The summed E-state index contributed by atoms with van der Waals surface area (Å²) in [6.45, 7) is 4.81. The molecule has 3 atom stereocenters. The van der Waals surface area contributed by atoms with Crippen molar-refractivity contribution in [3.05, 3.63) is 72.9 Å². The Morgan fingerprint density at radius 1 is 0.438 bits per heavy atom. The fourth-order valence-corrected chi connectivity index (χ4v) is 10.9. The molecule has 3 unspecified atom stereocenters. The number of quaternary nitrogens is 1. The number of carbonyl (C=O) groups is 1. The predicted octanol–water partition coefficient (Wildman–Crippen LogP) is 21.8. The molecule has 0 bridgehead atoms. The summed E-state index contributed by atoms with van der Waals surface area (Å²) in [5, 5.41) is 14.1. The summed E-state index contributed by atoms with van der Waals surface area (Å²) in [5.74, 6) is -0.147. The number of phosphoric ester groups is 1. The highest BCUT2D eigenvalue weighted by molar-refractivity contribution is 7.47. The van der Waals surface area contributed by atoms with Gasteiger partial charge in [-0.1, -0.05) is 324 Å². The normalized spacial score (nSPS) is 14.1. The van der Waals surface area contributed by atoms with Crippen LogP contribution in [-0.4, -0.2) is 73.4 Å². The van der Waals surface area contributed by atoms with Gasteiger partial charge in [-0.05, 0) is 64.2 Å². The van der Waals surface area contributed by atoms with Crippen LogP contribution in [0.5, 0.6) is 0 Å². The summed E-state index contributed by atoms with van der Waals surface area (Å²) >= 11 is 0. The molecule has 0 aromatic rings. The Balaban J connectivity index is 4.08. The minimum Gasteiger partial charge on any atom is -0.391 e. The Labute approximate surface area is 497 Å². The third kappa shape index (κ3) is 63.5. The Bertz CT molecular complexity index is 1530. The molecule has 0 spiro atoms. The van der Waals surface area contributed by atoms with Crippen molar-refractivity contribution >= 4 is 13.7 Å². The highest BCUT2D eigenvalue weighted by Gasteiger charge is 2.28. The molecule has 80 heavy (non-hydrogen) atoms. The van der Waals surface area contributed by atoms with E-state index in [1.807, 2.05) is 21.1 Å². The molecule has 0 rings (SSSR count). The Morgan fingerprint density at radius 2 is 0.750 bits per heavy atom. The van der Waals surface area contributed by atoms with Crippen LogP contribution >= 0.6 is 7.82 Å². The number of likely N-dealkylation sites (N-methyl/N-ethyl adjacent to an activating group) is 1. The topological polar surface area (TPSA) is 105 Å². The lowest BCUT2D eigenvalue weighted by Crippen LogP contribution is -2.46. The van der Waals surface area contributed by atoms with E-state index in [4.69, 9.17) is 9.05 Å². The van der Waals surface area contributed by atoms with E-state index in [0.717, 1.165) is 77.0 Å². The molecule has 0 saturated heterocycles. The molecule has 0 fully saturated rings. The van der Waals surface area contributed by atoms with Crippen LogP contribution in [0.2, 0.25) is 0 Å². The van der Waals surface area contributed by atoms with E-state index >= 15 is 0 Å². The molecule has 3 N–H and O–H groups in total. The van der Waals surface area contributed by atoms with E-state index < -0.39 is 20.0 Å².